The maximum atomic E-state index is 14.1. The van der Waals surface area contributed by atoms with Gasteiger partial charge in [0.2, 0.25) is 18.0 Å². The van der Waals surface area contributed by atoms with Gasteiger partial charge in [-0.25, -0.2) is 9.59 Å². The van der Waals surface area contributed by atoms with Gasteiger partial charge in [-0.1, -0.05) is 20.8 Å². The molecule has 218 valence electrons. The van der Waals surface area contributed by atoms with E-state index in [1.807, 2.05) is 0 Å². The van der Waals surface area contributed by atoms with E-state index in [1.54, 1.807) is 20.8 Å². The van der Waals surface area contributed by atoms with E-state index in [0.717, 1.165) is 20.8 Å². The van der Waals surface area contributed by atoms with Crippen LogP contribution < -0.4 is 0 Å². The van der Waals surface area contributed by atoms with E-state index in [4.69, 9.17) is 33.2 Å². The Kier molecular flexibility index (Phi) is 5.06. The van der Waals surface area contributed by atoms with Gasteiger partial charge in [0.25, 0.3) is 0 Å². The van der Waals surface area contributed by atoms with Gasteiger partial charge in [-0.3, -0.25) is 19.2 Å². The molecule has 0 radical (unpaired) electrons. The van der Waals surface area contributed by atoms with Crippen molar-refractivity contribution in [2.45, 2.75) is 96.5 Å². The molecule has 6 fully saturated rings. The van der Waals surface area contributed by atoms with Crippen LogP contribution in [0.25, 0.3) is 0 Å². The van der Waals surface area contributed by atoms with Crippen molar-refractivity contribution in [1.29, 1.82) is 0 Å². The summed E-state index contributed by atoms with van der Waals surface area (Å²) in [6.45, 7) is 9.90. The summed E-state index contributed by atoms with van der Waals surface area (Å²) >= 11 is 0. The summed E-state index contributed by atoms with van der Waals surface area (Å²) in [6, 6.07) is 0. The Morgan fingerprint density at radius 1 is 0.850 bits per heavy atom. The molecule has 0 aromatic rings. The summed E-state index contributed by atoms with van der Waals surface area (Å²) in [5.74, 6) is -8.00. The van der Waals surface area contributed by atoms with Crippen LogP contribution in [0.3, 0.4) is 0 Å². The van der Waals surface area contributed by atoms with Crippen molar-refractivity contribution >= 4 is 35.8 Å². The maximum Gasteiger partial charge on any atom is 0.350 e. The summed E-state index contributed by atoms with van der Waals surface area (Å²) < 4.78 is 40.7. The molecule has 12 atom stereocenters. The molecule has 0 unspecified atom stereocenters. The third kappa shape index (κ3) is 2.46. The average Bonchev–Trinajstić information content (AvgIpc) is 3.50. The zero-order valence-electron chi connectivity index (χ0n) is 22.9. The van der Waals surface area contributed by atoms with Crippen LogP contribution in [0, 0.1) is 28.1 Å². The van der Waals surface area contributed by atoms with Gasteiger partial charge in [-0.2, -0.15) is 0 Å². The van der Waals surface area contributed by atoms with Crippen LogP contribution in [0.5, 0.6) is 0 Å². The number of rotatable bonds is 3. The standard InChI is InChI=1S/C26H30O14/c1-8-18(30)37-16-15(35-10(3)28)24-14-12(34-9(2)27)13(22(5,6)7)23(24)17(36-11(4)29)19(31)39-21(23)40-26(24,20(32)38-14)25(8,16)33/h8,12-17,21,33H,1-7H3/t8-,12-,13+,14-,15-,16+,17+,21+,23+,24-,25-,26-/m1/s1. The highest BCUT2D eigenvalue weighted by atomic mass is 16.8. The predicted octanol–water partition coefficient (Wildman–Crippen LogP) is -0.686. The van der Waals surface area contributed by atoms with Crippen LogP contribution in [-0.4, -0.2) is 88.9 Å². The molecule has 2 saturated carbocycles. The molecule has 2 spiro atoms. The average molecular weight is 567 g/mol. The maximum absolute atomic E-state index is 14.1. The van der Waals surface area contributed by atoms with Crippen LogP contribution in [-0.2, 0) is 61.9 Å². The quantitative estimate of drug-likeness (QED) is 0.334. The van der Waals surface area contributed by atoms with Gasteiger partial charge in [-0.15, -0.1) is 0 Å². The van der Waals surface area contributed by atoms with Crippen molar-refractivity contribution in [3.05, 3.63) is 0 Å². The van der Waals surface area contributed by atoms with Gasteiger partial charge in [0.05, 0.1) is 5.92 Å². The van der Waals surface area contributed by atoms with Gasteiger partial charge in [-0.05, 0) is 12.3 Å². The third-order valence-electron chi connectivity index (χ3n) is 9.75. The topological polar surface area (TPSA) is 187 Å². The van der Waals surface area contributed by atoms with E-state index in [2.05, 4.69) is 0 Å². The van der Waals surface area contributed by atoms with Crippen molar-refractivity contribution in [3.63, 3.8) is 0 Å². The smallest absolute Gasteiger partial charge is 0.350 e. The number of aliphatic hydroxyl groups is 1. The van der Waals surface area contributed by atoms with Crippen molar-refractivity contribution in [2.75, 3.05) is 0 Å². The van der Waals surface area contributed by atoms with E-state index in [9.17, 15) is 33.9 Å². The summed E-state index contributed by atoms with van der Waals surface area (Å²) in [5, 5.41) is 12.4. The summed E-state index contributed by atoms with van der Waals surface area (Å²) in [4.78, 5) is 77.9. The Bertz CT molecular complexity index is 1280. The Hall–Kier alpha value is -3.26. The fourth-order valence-electron chi connectivity index (χ4n) is 9.13. The summed E-state index contributed by atoms with van der Waals surface area (Å²) in [6.07, 6.45) is -9.59. The molecule has 40 heavy (non-hydrogen) atoms. The number of carbonyl (C=O) groups is 6. The lowest BCUT2D eigenvalue weighted by Crippen LogP contribution is -2.67. The molecule has 0 aromatic heterocycles. The molecule has 4 heterocycles. The zero-order chi connectivity index (χ0) is 29.5. The fraction of sp³-hybridized carbons (Fsp3) is 0.769. The minimum atomic E-state index is -2.52. The molecule has 6 aliphatic rings. The molecule has 14 nitrogen and oxygen atoms in total. The number of hydrogen-bond acceptors (Lipinski definition) is 14. The fourth-order valence-corrected chi connectivity index (χ4v) is 9.13. The normalized spacial score (nSPS) is 49.4. The van der Waals surface area contributed by atoms with Gasteiger partial charge in [0.15, 0.2) is 23.9 Å². The van der Waals surface area contributed by atoms with Crippen LogP contribution in [0.4, 0.5) is 0 Å². The van der Waals surface area contributed by atoms with Crippen molar-refractivity contribution in [2.24, 2.45) is 28.1 Å². The SMILES string of the molecule is CC(=O)O[C@H]1[C@H]2OC(=O)[C@@]34O[C@@H]5OC(=O)[C@H](OC(C)=O)[C@]5([C@@H]1C(C)(C)C)[C@]23[C@H](OC(C)=O)[C@@H]1OC(=O)[C@@H](C)[C@@]14O. The van der Waals surface area contributed by atoms with Crippen LogP contribution in [0.2, 0.25) is 0 Å². The first kappa shape index (κ1) is 26.9. The minimum absolute atomic E-state index is 0.756. The molecule has 14 heteroatoms. The largest absolute Gasteiger partial charge is 0.458 e. The first-order valence-electron chi connectivity index (χ1n) is 13.0. The number of fused-ring (bicyclic) bond motifs is 1. The molecular formula is C26H30O14. The number of hydrogen-bond donors (Lipinski definition) is 1. The van der Waals surface area contributed by atoms with Gasteiger partial charge in [0.1, 0.15) is 16.9 Å². The molecule has 4 saturated heterocycles. The molecule has 0 aromatic carbocycles. The Morgan fingerprint density at radius 3 is 2.00 bits per heavy atom. The van der Waals surface area contributed by atoms with E-state index in [-0.39, 0.29) is 0 Å². The second-order valence-corrected chi connectivity index (χ2v) is 12.5. The lowest BCUT2D eigenvalue weighted by molar-refractivity contribution is -0.241. The van der Waals surface area contributed by atoms with Gasteiger partial charge in [0, 0.05) is 26.7 Å². The highest BCUT2D eigenvalue weighted by Crippen LogP contribution is 2.85. The zero-order valence-corrected chi connectivity index (χ0v) is 22.9. The van der Waals surface area contributed by atoms with Crippen LogP contribution in [0.15, 0.2) is 0 Å². The molecule has 4 aliphatic heterocycles. The Labute approximate surface area is 227 Å². The van der Waals surface area contributed by atoms with Crippen molar-refractivity contribution in [1.82, 2.24) is 0 Å². The van der Waals surface area contributed by atoms with Crippen molar-refractivity contribution < 1.29 is 67.0 Å². The Balaban J connectivity index is 1.78. The Morgan fingerprint density at radius 2 is 1.45 bits per heavy atom. The lowest BCUT2D eigenvalue weighted by Gasteiger charge is -2.48. The van der Waals surface area contributed by atoms with E-state index >= 15 is 0 Å². The van der Waals surface area contributed by atoms with Crippen LogP contribution >= 0.6 is 0 Å². The monoisotopic (exact) mass is 566 g/mol. The molecule has 0 amide bonds. The molecule has 1 N–H and O–H groups in total. The lowest BCUT2D eigenvalue weighted by atomic mass is 9.50. The van der Waals surface area contributed by atoms with Crippen molar-refractivity contribution in [3.8, 4) is 0 Å². The number of ether oxygens (including phenoxy) is 7. The third-order valence-corrected chi connectivity index (χ3v) is 9.75. The first-order chi connectivity index (χ1) is 18.4. The van der Waals surface area contributed by atoms with Crippen LogP contribution in [0.1, 0.15) is 48.5 Å². The van der Waals surface area contributed by atoms with E-state index < -0.39 is 112 Å². The highest BCUT2D eigenvalue weighted by molar-refractivity contribution is 5.95. The second kappa shape index (κ2) is 7.52. The first-order valence-corrected chi connectivity index (χ1v) is 13.0. The molecule has 0 bridgehead atoms. The predicted molar refractivity (Wildman–Crippen MR) is 122 cm³/mol. The number of carbonyl (C=O) groups excluding carboxylic acids is 6. The second-order valence-electron chi connectivity index (χ2n) is 12.5. The molecule has 6 rings (SSSR count). The number of esters is 6. The highest BCUT2D eigenvalue weighted by Gasteiger charge is 3.06. The molecule has 2 aliphatic carbocycles. The van der Waals surface area contributed by atoms with E-state index in [0.29, 0.717) is 0 Å². The summed E-state index contributed by atoms with van der Waals surface area (Å²) in [5.41, 5.74) is -9.96. The molecular weight excluding hydrogens is 536 g/mol. The van der Waals surface area contributed by atoms with Gasteiger partial charge >= 0.3 is 35.8 Å². The van der Waals surface area contributed by atoms with Gasteiger partial charge < -0.3 is 38.3 Å². The minimum Gasteiger partial charge on any atom is -0.458 e. The van der Waals surface area contributed by atoms with E-state index in [1.165, 1.54) is 6.92 Å². The summed E-state index contributed by atoms with van der Waals surface area (Å²) in [7, 11) is 0.